The van der Waals surface area contributed by atoms with Crippen LogP contribution in [0.4, 0.5) is 5.69 Å². The number of ether oxygens (including phenoxy) is 2. The fourth-order valence-electron chi connectivity index (χ4n) is 2.67. The van der Waals surface area contributed by atoms with Crippen molar-refractivity contribution in [3.8, 4) is 11.5 Å². The van der Waals surface area contributed by atoms with Crippen molar-refractivity contribution < 1.29 is 17.9 Å². The van der Waals surface area contributed by atoms with Crippen LogP contribution in [0.2, 0.25) is 0 Å². The molecule has 138 valence electrons. The molecule has 0 amide bonds. The highest BCUT2D eigenvalue weighted by Crippen LogP contribution is 2.34. The molecular weight excluding hydrogens is 372 g/mol. The van der Waals surface area contributed by atoms with Crippen molar-refractivity contribution in [1.82, 2.24) is 5.32 Å². The Morgan fingerprint density at radius 1 is 1.15 bits per heavy atom. The molecule has 1 heterocycles. The Morgan fingerprint density at radius 3 is 2.50 bits per heavy atom. The molecule has 0 spiro atoms. The molecule has 8 heteroatoms. The molecule has 0 bridgehead atoms. The van der Waals surface area contributed by atoms with Gasteiger partial charge < -0.3 is 20.1 Å². The molecule has 0 fully saturated rings. The van der Waals surface area contributed by atoms with Gasteiger partial charge in [-0.2, -0.15) is 0 Å². The summed E-state index contributed by atoms with van der Waals surface area (Å²) >= 11 is 5.40. The number of benzene rings is 2. The largest absolute Gasteiger partial charge is 0.454 e. The summed E-state index contributed by atoms with van der Waals surface area (Å²) < 4.78 is 33.8. The van der Waals surface area contributed by atoms with Crippen LogP contribution in [0.15, 0.2) is 47.4 Å². The Morgan fingerprint density at radius 2 is 1.85 bits per heavy atom. The van der Waals surface area contributed by atoms with Crippen molar-refractivity contribution in [2.45, 2.75) is 24.3 Å². The van der Waals surface area contributed by atoms with E-state index < -0.39 is 9.84 Å². The first kappa shape index (κ1) is 18.5. The molecular formula is C18H20N2O4S2. The minimum atomic E-state index is -3.20. The zero-order chi connectivity index (χ0) is 18.7. The Balaban J connectivity index is 1.66. The number of hydrogen-bond acceptors (Lipinski definition) is 5. The number of hydrogen-bond donors (Lipinski definition) is 2. The van der Waals surface area contributed by atoms with Crippen molar-refractivity contribution >= 4 is 32.9 Å². The summed E-state index contributed by atoms with van der Waals surface area (Å²) in [7, 11) is -3.20. The Kier molecular flexibility index (Phi) is 5.33. The van der Waals surface area contributed by atoms with Gasteiger partial charge in [0, 0.05) is 18.0 Å². The number of rotatable bonds is 5. The van der Waals surface area contributed by atoms with Crippen molar-refractivity contribution in [1.29, 1.82) is 0 Å². The van der Waals surface area contributed by atoms with Gasteiger partial charge in [-0.05, 0) is 48.5 Å². The molecule has 2 N–H and O–H groups in total. The standard InChI is InChI=1S/C18H20N2O4S2/c1-3-15(12-4-7-14(8-5-12)26(2,21)22)20-18(25)19-13-6-9-16-17(10-13)24-11-23-16/h4-10,15H,3,11H2,1-2H3,(H2,19,20,25)/t15-/m1/s1. The smallest absolute Gasteiger partial charge is 0.231 e. The predicted molar refractivity (Wildman–Crippen MR) is 105 cm³/mol. The van der Waals surface area contributed by atoms with Crippen LogP contribution in [0.25, 0.3) is 0 Å². The van der Waals surface area contributed by atoms with Crippen molar-refractivity contribution in [2.24, 2.45) is 0 Å². The van der Waals surface area contributed by atoms with Crippen LogP contribution in [-0.4, -0.2) is 26.6 Å². The normalized spacial score (nSPS) is 13.9. The fraction of sp³-hybridized carbons (Fsp3) is 0.278. The highest BCUT2D eigenvalue weighted by Gasteiger charge is 2.15. The van der Waals surface area contributed by atoms with Crippen LogP contribution in [0.1, 0.15) is 24.9 Å². The van der Waals surface area contributed by atoms with Gasteiger partial charge in [0.05, 0.1) is 10.9 Å². The molecule has 0 aromatic heterocycles. The van der Waals surface area contributed by atoms with Crippen LogP contribution in [0.3, 0.4) is 0 Å². The molecule has 1 aliphatic rings. The Hall–Kier alpha value is -2.32. The SMILES string of the molecule is CC[C@@H](NC(=S)Nc1ccc2c(c1)OCO2)c1ccc(S(C)(=O)=O)cc1. The minimum Gasteiger partial charge on any atom is -0.454 e. The highest BCUT2D eigenvalue weighted by molar-refractivity contribution is 7.90. The highest BCUT2D eigenvalue weighted by atomic mass is 32.2. The van der Waals surface area contributed by atoms with E-state index in [1.807, 2.05) is 25.1 Å². The summed E-state index contributed by atoms with van der Waals surface area (Å²) in [5.74, 6) is 1.40. The second-order valence-electron chi connectivity index (χ2n) is 5.97. The topological polar surface area (TPSA) is 76.7 Å². The Bertz CT molecular complexity index is 911. The predicted octanol–water partition coefficient (Wildman–Crippen LogP) is 3.26. The molecule has 0 radical (unpaired) electrons. The molecule has 0 aliphatic carbocycles. The summed E-state index contributed by atoms with van der Waals surface area (Å²) in [6.45, 7) is 2.26. The van der Waals surface area contributed by atoms with E-state index in [9.17, 15) is 8.42 Å². The van der Waals surface area contributed by atoms with E-state index in [4.69, 9.17) is 21.7 Å². The van der Waals surface area contributed by atoms with Gasteiger partial charge in [0.15, 0.2) is 26.4 Å². The van der Waals surface area contributed by atoms with Gasteiger partial charge in [-0.25, -0.2) is 8.42 Å². The zero-order valence-electron chi connectivity index (χ0n) is 14.5. The first-order valence-corrected chi connectivity index (χ1v) is 10.4. The molecule has 26 heavy (non-hydrogen) atoms. The lowest BCUT2D eigenvalue weighted by Gasteiger charge is -2.20. The van der Waals surface area contributed by atoms with Gasteiger partial charge in [0.2, 0.25) is 6.79 Å². The van der Waals surface area contributed by atoms with Gasteiger partial charge in [0.25, 0.3) is 0 Å². The third-order valence-electron chi connectivity index (χ3n) is 4.05. The van der Waals surface area contributed by atoms with Crippen molar-refractivity contribution in [3.05, 3.63) is 48.0 Å². The van der Waals surface area contributed by atoms with E-state index in [2.05, 4.69) is 10.6 Å². The van der Waals surface area contributed by atoms with E-state index in [-0.39, 0.29) is 12.8 Å². The quantitative estimate of drug-likeness (QED) is 0.757. The number of anilines is 1. The summed E-state index contributed by atoms with van der Waals surface area (Å²) in [5, 5.41) is 6.86. The monoisotopic (exact) mass is 392 g/mol. The molecule has 0 unspecified atom stereocenters. The van der Waals surface area contributed by atoms with Gasteiger partial charge in [-0.3, -0.25) is 0 Å². The Labute approximate surface area is 158 Å². The molecule has 2 aromatic rings. The molecule has 1 atom stereocenters. The van der Waals surface area contributed by atoms with Crippen molar-refractivity contribution in [2.75, 3.05) is 18.4 Å². The number of sulfone groups is 1. The summed E-state index contributed by atoms with van der Waals surface area (Å²) in [6.07, 6.45) is 1.99. The summed E-state index contributed by atoms with van der Waals surface area (Å²) in [6, 6.07) is 12.3. The molecule has 6 nitrogen and oxygen atoms in total. The second-order valence-corrected chi connectivity index (χ2v) is 8.39. The lowest BCUT2D eigenvalue weighted by molar-refractivity contribution is 0.174. The van der Waals surface area contributed by atoms with Crippen LogP contribution in [-0.2, 0) is 9.84 Å². The third-order valence-corrected chi connectivity index (χ3v) is 5.40. The molecule has 0 saturated carbocycles. The van der Waals surface area contributed by atoms with Crippen LogP contribution < -0.4 is 20.1 Å². The van der Waals surface area contributed by atoms with Crippen molar-refractivity contribution in [3.63, 3.8) is 0 Å². The second kappa shape index (κ2) is 7.51. The van der Waals surface area contributed by atoms with Crippen LogP contribution >= 0.6 is 12.2 Å². The summed E-state index contributed by atoms with van der Waals surface area (Å²) in [5.41, 5.74) is 1.77. The maximum absolute atomic E-state index is 11.6. The minimum absolute atomic E-state index is 0.0300. The maximum Gasteiger partial charge on any atom is 0.231 e. The first-order chi connectivity index (χ1) is 12.4. The molecule has 1 aliphatic heterocycles. The molecule has 2 aromatic carbocycles. The van der Waals surface area contributed by atoms with E-state index in [1.54, 1.807) is 24.3 Å². The van der Waals surface area contributed by atoms with E-state index in [1.165, 1.54) is 6.26 Å². The number of nitrogens with one attached hydrogen (secondary N) is 2. The van der Waals surface area contributed by atoms with Gasteiger partial charge >= 0.3 is 0 Å². The molecule has 0 saturated heterocycles. The lowest BCUT2D eigenvalue weighted by Crippen LogP contribution is -2.32. The van der Waals surface area contributed by atoms with Crippen LogP contribution in [0, 0.1) is 0 Å². The number of thiocarbonyl (C=S) groups is 1. The first-order valence-electron chi connectivity index (χ1n) is 8.14. The van der Waals surface area contributed by atoms with Gasteiger partial charge in [-0.15, -0.1) is 0 Å². The van der Waals surface area contributed by atoms with Crippen LogP contribution in [0.5, 0.6) is 11.5 Å². The zero-order valence-corrected chi connectivity index (χ0v) is 16.1. The average molecular weight is 393 g/mol. The maximum atomic E-state index is 11.6. The molecule has 3 rings (SSSR count). The third kappa shape index (κ3) is 4.25. The van der Waals surface area contributed by atoms with E-state index in [0.717, 1.165) is 17.7 Å². The van der Waals surface area contributed by atoms with E-state index in [0.29, 0.717) is 21.5 Å². The van der Waals surface area contributed by atoms with Gasteiger partial charge in [-0.1, -0.05) is 19.1 Å². The number of fused-ring (bicyclic) bond motifs is 1. The van der Waals surface area contributed by atoms with Gasteiger partial charge in [0.1, 0.15) is 0 Å². The van der Waals surface area contributed by atoms with E-state index >= 15 is 0 Å². The summed E-state index contributed by atoms with van der Waals surface area (Å²) in [4.78, 5) is 0.303. The average Bonchev–Trinajstić information content (AvgIpc) is 3.07. The lowest BCUT2D eigenvalue weighted by atomic mass is 10.1. The fourth-order valence-corrected chi connectivity index (χ4v) is 3.56.